The lowest BCUT2D eigenvalue weighted by Gasteiger charge is -2.53. The van der Waals surface area contributed by atoms with Crippen LogP contribution in [0, 0.1) is 11.3 Å². The molecule has 2 saturated carbocycles. The molecule has 2 aliphatic carbocycles. The molecule has 0 bridgehead atoms. The van der Waals surface area contributed by atoms with E-state index in [0.717, 1.165) is 45.1 Å². The fourth-order valence-corrected chi connectivity index (χ4v) is 3.61. The molecule has 2 unspecified atom stereocenters. The van der Waals surface area contributed by atoms with Crippen molar-refractivity contribution in [2.75, 3.05) is 6.61 Å². The lowest BCUT2D eigenvalue weighted by atomic mass is 9.64. The normalized spacial score (nSPS) is 35.2. The molecule has 2 fully saturated rings. The fraction of sp³-hybridized carbons (Fsp3) is 0.941. The van der Waals surface area contributed by atoms with Crippen LogP contribution in [-0.4, -0.2) is 35.9 Å². The molecule has 0 aromatic heterocycles. The van der Waals surface area contributed by atoms with Gasteiger partial charge in [-0.05, 0) is 38.5 Å². The Kier molecular flexibility index (Phi) is 5.67. The van der Waals surface area contributed by atoms with E-state index >= 15 is 0 Å². The number of ether oxygens (including phenoxy) is 1. The van der Waals surface area contributed by atoms with Crippen molar-refractivity contribution in [1.82, 2.24) is 5.32 Å². The average Bonchev–Trinajstić information content (AvgIpc) is 2.46. The van der Waals surface area contributed by atoms with Gasteiger partial charge in [-0.15, -0.1) is 0 Å². The van der Waals surface area contributed by atoms with Crippen molar-refractivity contribution >= 4 is 5.97 Å². The summed E-state index contributed by atoms with van der Waals surface area (Å²) in [5.74, 6) is -0.746. The van der Waals surface area contributed by atoms with Crippen molar-refractivity contribution in [3.05, 3.63) is 0 Å². The molecule has 122 valence electrons. The second-order valence-electron chi connectivity index (χ2n) is 7.38. The summed E-state index contributed by atoms with van der Waals surface area (Å²) >= 11 is 0. The van der Waals surface area contributed by atoms with Crippen LogP contribution in [0.5, 0.6) is 0 Å². The molecule has 0 heterocycles. The van der Waals surface area contributed by atoms with Crippen molar-refractivity contribution in [3.63, 3.8) is 0 Å². The van der Waals surface area contributed by atoms with Gasteiger partial charge in [-0.3, -0.25) is 4.79 Å². The average molecular weight is 297 g/mol. The number of hydrogen-bond acceptors (Lipinski definition) is 3. The molecule has 0 amide bonds. The summed E-state index contributed by atoms with van der Waals surface area (Å²) in [6, 6.07) is 0.997. The van der Waals surface area contributed by atoms with Crippen molar-refractivity contribution < 1.29 is 14.6 Å². The number of carboxylic acids is 1. The van der Waals surface area contributed by atoms with Gasteiger partial charge in [-0.25, -0.2) is 0 Å². The molecule has 2 N–H and O–H groups in total. The highest BCUT2D eigenvalue weighted by atomic mass is 16.5. The zero-order valence-corrected chi connectivity index (χ0v) is 13.7. The zero-order valence-electron chi connectivity index (χ0n) is 13.7. The topological polar surface area (TPSA) is 58.6 Å². The number of rotatable bonds is 7. The Morgan fingerprint density at radius 3 is 2.48 bits per heavy atom. The molecule has 2 aliphatic rings. The van der Waals surface area contributed by atoms with E-state index in [9.17, 15) is 4.79 Å². The highest BCUT2D eigenvalue weighted by Gasteiger charge is 2.49. The van der Waals surface area contributed by atoms with Crippen LogP contribution < -0.4 is 5.32 Å². The van der Waals surface area contributed by atoms with E-state index in [0.29, 0.717) is 18.2 Å². The molecule has 21 heavy (non-hydrogen) atoms. The summed E-state index contributed by atoms with van der Waals surface area (Å²) in [4.78, 5) is 11.0. The highest BCUT2D eigenvalue weighted by Crippen LogP contribution is 2.43. The number of nitrogens with one attached hydrogen (secondary N) is 1. The molecule has 0 aromatic carbocycles. The van der Waals surface area contributed by atoms with Gasteiger partial charge in [0, 0.05) is 24.1 Å². The Morgan fingerprint density at radius 2 is 1.95 bits per heavy atom. The predicted molar refractivity (Wildman–Crippen MR) is 83.4 cm³/mol. The van der Waals surface area contributed by atoms with Gasteiger partial charge in [0.05, 0.1) is 12.0 Å². The van der Waals surface area contributed by atoms with Gasteiger partial charge in [0.1, 0.15) is 0 Å². The van der Waals surface area contributed by atoms with Crippen LogP contribution >= 0.6 is 0 Å². The minimum Gasteiger partial charge on any atom is -0.481 e. The van der Waals surface area contributed by atoms with Crippen LogP contribution in [0.25, 0.3) is 0 Å². The number of carbonyl (C=O) groups is 1. The van der Waals surface area contributed by atoms with Crippen molar-refractivity contribution in [3.8, 4) is 0 Å². The fourth-order valence-electron chi connectivity index (χ4n) is 3.61. The quantitative estimate of drug-likeness (QED) is 0.709. The summed E-state index contributed by atoms with van der Waals surface area (Å²) in [5.41, 5.74) is 0.192. The van der Waals surface area contributed by atoms with Gasteiger partial charge in [0.15, 0.2) is 0 Å². The van der Waals surface area contributed by atoms with Crippen LogP contribution in [0.15, 0.2) is 0 Å². The Bertz CT molecular complexity index is 348. The Hall–Kier alpha value is -0.610. The second-order valence-corrected chi connectivity index (χ2v) is 7.38. The van der Waals surface area contributed by atoms with E-state index in [2.05, 4.69) is 26.1 Å². The van der Waals surface area contributed by atoms with E-state index in [1.165, 1.54) is 6.42 Å². The second kappa shape index (κ2) is 7.10. The minimum atomic E-state index is -0.623. The predicted octanol–water partition coefficient (Wildman–Crippen LogP) is 3.20. The van der Waals surface area contributed by atoms with E-state index in [1.54, 1.807) is 0 Å². The molecule has 0 saturated heterocycles. The SMILES string of the molecule is CCCCOC1CC(NC2CCC(C(=O)O)CC2)C1(C)C. The van der Waals surface area contributed by atoms with E-state index in [1.807, 2.05) is 0 Å². The number of carboxylic acid groups (broad SMARTS) is 1. The summed E-state index contributed by atoms with van der Waals surface area (Å²) in [5, 5.41) is 12.8. The third-order valence-electron chi connectivity index (χ3n) is 5.51. The highest BCUT2D eigenvalue weighted by molar-refractivity contribution is 5.70. The molecule has 4 nitrogen and oxygen atoms in total. The summed E-state index contributed by atoms with van der Waals surface area (Å²) in [7, 11) is 0. The summed E-state index contributed by atoms with van der Waals surface area (Å²) in [6.07, 6.45) is 7.40. The maximum atomic E-state index is 11.0. The first kappa shape index (κ1) is 16.8. The van der Waals surface area contributed by atoms with E-state index in [4.69, 9.17) is 9.84 Å². The standard InChI is InChI=1S/C17H31NO3/c1-4-5-10-21-15-11-14(17(15,2)3)18-13-8-6-12(7-9-13)16(19)20/h12-15,18H,4-11H2,1-3H3,(H,19,20). The molecular weight excluding hydrogens is 266 g/mol. The van der Waals surface area contributed by atoms with Gasteiger partial charge >= 0.3 is 5.97 Å². The van der Waals surface area contributed by atoms with E-state index < -0.39 is 5.97 Å². The van der Waals surface area contributed by atoms with Crippen LogP contribution in [0.3, 0.4) is 0 Å². The summed E-state index contributed by atoms with van der Waals surface area (Å²) in [6.45, 7) is 7.63. The van der Waals surface area contributed by atoms with Crippen LogP contribution in [0.1, 0.15) is 65.7 Å². The maximum Gasteiger partial charge on any atom is 0.306 e. The Balaban J connectivity index is 1.72. The first-order chi connectivity index (χ1) is 9.95. The lowest BCUT2D eigenvalue weighted by molar-refractivity contribution is -0.143. The van der Waals surface area contributed by atoms with Gasteiger partial charge in [-0.2, -0.15) is 0 Å². The van der Waals surface area contributed by atoms with Crippen molar-refractivity contribution in [2.24, 2.45) is 11.3 Å². The van der Waals surface area contributed by atoms with Gasteiger partial charge in [-0.1, -0.05) is 27.2 Å². The Labute approximate surface area is 128 Å². The molecule has 2 atom stereocenters. The number of unbranched alkanes of at least 4 members (excludes halogenated alkanes) is 1. The molecule has 0 spiro atoms. The molecule has 0 radical (unpaired) electrons. The van der Waals surface area contributed by atoms with Crippen molar-refractivity contribution in [2.45, 2.75) is 83.9 Å². The zero-order chi connectivity index (χ0) is 15.5. The smallest absolute Gasteiger partial charge is 0.306 e. The minimum absolute atomic E-state index is 0.123. The molecule has 0 aliphatic heterocycles. The lowest BCUT2D eigenvalue weighted by Crippen LogP contribution is -2.63. The Morgan fingerprint density at radius 1 is 1.29 bits per heavy atom. The first-order valence-corrected chi connectivity index (χ1v) is 8.55. The number of hydrogen-bond donors (Lipinski definition) is 2. The molecule has 0 aromatic rings. The van der Waals surface area contributed by atoms with Crippen LogP contribution in [0.4, 0.5) is 0 Å². The molecular formula is C17H31NO3. The van der Waals surface area contributed by atoms with Gasteiger partial charge in [0.25, 0.3) is 0 Å². The van der Waals surface area contributed by atoms with Crippen molar-refractivity contribution in [1.29, 1.82) is 0 Å². The van der Waals surface area contributed by atoms with Crippen LogP contribution in [0.2, 0.25) is 0 Å². The van der Waals surface area contributed by atoms with E-state index in [-0.39, 0.29) is 11.3 Å². The first-order valence-electron chi connectivity index (χ1n) is 8.55. The summed E-state index contributed by atoms with van der Waals surface area (Å²) < 4.78 is 5.98. The largest absolute Gasteiger partial charge is 0.481 e. The third kappa shape index (κ3) is 3.98. The molecule has 2 rings (SSSR count). The number of aliphatic carboxylic acids is 1. The maximum absolute atomic E-state index is 11.0. The third-order valence-corrected chi connectivity index (χ3v) is 5.51. The monoisotopic (exact) mass is 297 g/mol. The molecule has 4 heteroatoms. The van der Waals surface area contributed by atoms with Gasteiger partial charge in [0.2, 0.25) is 0 Å². The van der Waals surface area contributed by atoms with Gasteiger partial charge < -0.3 is 15.2 Å². The van der Waals surface area contributed by atoms with Crippen LogP contribution in [-0.2, 0) is 9.53 Å².